The molecule has 0 aliphatic carbocycles. The summed E-state index contributed by atoms with van der Waals surface area (Å²) in [6.07, 6.45) is 6.84. The lowest BCUT2D eigenvalue weighted by atomic mass is 9.95. The normalized spacial score (nSPS) is 15.8. The number of anilines is 1. The van der Waals surface area contributed by atoms with Crippen molar-refractivity contribution in [2.75, 3.05) is 11.5 Å². The largest absolute Gasteiger partial charge is 0.449 e. The first-order valence-corrected chi connectivity index (χ1v) is 9.47. The van der Waals surface area contributed by atoms with Crippen LogP contribution < -0.4 is 4.90 Å². The van der Waals surface area contributed by atoms with Crippen LogP contribution in [0.15, 0.2) is 48.7 Å². The lowest BCUT2D eigenvalue weighted by molar-refractivity contribution is 0.158. The van der Waals surface area contributed by atoms with Gasteiger partial charge < -0.3 is 9.72 Å². The summed E-state index contributed by atoms with van der Waals surface area (Å²) in [4.78, 5) is 18.1. The van der Waals surface area contributed by atoms with Crippen LogP contribution in [0, 0.1) is 6.92 Å². The van der Waals surface area contributed by atoms with E-state index in [4.69, 9.17) is 4.74 Å². The molecule has 0 fully saturated rings. The van der Waals surface area contributed by atoms with Crippen LogP contribution in [0.1, 0.15) is 42.1 Å². The molecule has 0 saturated carbocycles. The molecule has 0 spiro atoms. The molecular formula is C23H24N2O2. The Morgan fingerprint density at radius 2 is 2.07 bits per heavy atom. The van der Waals surface area contributed by atoms with Gasteiger partial charge in [-0.25, -0.2) is 4.79 Å². The van der Waals surface area contributed by atoms with Gasteiger partial charge in [0.2, 0.25) is 0 Å². The quantitative estimate of drug-likeness (QED) is 0.644. The highest BCUT2D eigenvalue weighted by atomic mass is 16.6. The molecule has 1 atom stereocenters. The zero-order chi connectivity index (χ0) is 19.0. The first-order chi connectivity index (χ1) is 13.1. The fourth-order valence-electron chi connectivity index (χ4n) is 3.88. The molecule has 1 aliphatic heterocycles. The molecule has 2 aromatic carbocycles. The second-order valence-corrected chi connectivity index (χ2v) is 6.87. The minimum absolute atomic E-state index is 0.208. The number of aryl methyl sites for hydroxylation is 2. The number of para-hydroxylation sites is 1. The van der Waals surface area contributed by atoms with Crippen LogP contribution in [-0.4, -0.2) is 17.7 Å². The first kappa shape index (κ1) is 17.4. The van der Waals surface area contributed by atoms with E-state index in [-0.39, 0.29) is 12.1 Å². The van der Waals surface area contributed by atoms with Gasteiger partial charge >= 0.3 is 6.09 Å². The van der Waals surface area contributed by atoms with Crippen molar-refractivity contribution >= 4 is 28.8 Å². The van der Waals surface area contributed by atoms with E-state index in [9.17, 15) is 4.79 Å². The number of fused-ring (bicyclic) bond motifs is 2. The molecule has 4 heteroatoms. The van der Waals surface area contributed by atoms with Crippen LogP contribution in [0.5, 0.6) is 0 Å². The number of aromatic amines is 1. The summed E-state index contributed by atoms with van der Waals surface area (Å²) in [6.45, 7) is 6.39. The molecule has 4 rings (SSSR count). The zero-order valence-electron chi connectivity index (χ0n) is 16.0. The van der Waals surface area contributed by atoms with Crippen LogP contribution in [0.3, 0.4) is 0 Å². The maximum Gasteiger partial charge on any atom is 0.415 e. The number of nitrogens with zero attached hydrogens (tertiary/aromatic N) is 1. The standard InChI is InChI=1S/C23H24N2O2/c1-4-16-7-6-8-18-19(14-24-22(16)18)21-12-10-17-13-15(3)9-11-20(17)25(21)23(26)27-5-2/h6-14,21,24H,4-5H2,1-3H3. The van der Waals surface area contributed by atoms with E-state index in [1.807, 2.05) is 25.3 Å². The van der Waals surface area contributed by atoms with Crippen molar-refractivity contribution in [3.63, 3.8) is 0 Å². The average molecular weight is 360 g/mol. The molecule has 27 heavy (non-hydrogen) atoms. The molecule has 2 heterocycles. The highest BCUT2D eigenvalue weighted by Gasteiger charge is 2.32. The van der Waals surface area contributed by atoms with Gasteiger partial charge in [0.15, 0.2) is 0 Å². The molecule has 1 amide bonds. The van der Waals surface area contributed by atoms with E-state index in [1.165, 1.54) is 11.1 Å². The van der Waals surface area contributed by atoms with Gasteiger partial charge in [-0.15, -0.1) is 0 Å². The van der Waals surface area contributed by atoms with Crippen molar-refractivity contribution in [2.24, 2.45) is 0 Å². The molecule has 1 aliphatic rings. The number of hydrogen-bond acceptors (Lipinski definition) is 2. The number of carbonyl (C=O) groups excluding carboxylic acids is 1. The van der Waals surface area contributed by atoms with Crippen molar-refractivity contribution in [1.29, 1.82) is 0 Å². The summed E-state index contributed by atoms with van der Waals surface area (Å²) in [5, 5.41) is 1.15. The second-order valence-electron chi connectivity index (χ2n) is 6.87. The summed E-state index contributed by atoms with van der Waals surface area (Å²) >= 11 is 0. The molecule has 1 aromatic heterocycles. The molecular weight excluding hydrogens is 336 g/mol. The summed E-state index contributed by atoms with van der Waals surface area (Å²) < 4.78 is 5.40. The van der Waals surface area contributed by atoms with Crippen LogP contribution in [0.25, 0.3) is 17.0 Å². The Hall–Kier alpha value is -3.01. The van der Waals surface area contributed by atoms with Crippen molar-refractivity contribution in [1.82, 2.24) is 4.98 Å². The highest BCUT2D eigenvalue weighted by molar-refractivity contribution is 5.96. The summed E-state index contributed by atoms with van der Waals surface area (Å²) in [6, 6.07) is 12.3. The number of hydrogen-bond donors (Lipinski definition) is 1. The van der Waals surface area contributed by atoms with E-state index >= 15 is 0 Å². The van der Waals surface area contributed by atoms with Gasteiger partial charge in [0, 0.05) is 22.7 Å². The molecule has 1 unspecified atom stereocenters. The number of benzene rings is 2. The number of H-pyrrole nitrogens is 1. The van der Waals surface area contributed by atoms with Gasteiger partial charge in [-0.05, 0) is 43.5 Å². The van der Waals surface area contributed by atoms with E-state index in [0.29, 0.717) is 6.61 Å². The Morgan fingerprint density at radius 1 is 1.22 bits per heavy atom. The van der Waals surface area contributed by atoms with Gasteiger partial charge in [-0.3, -0.25) is 4.90 Å². The topological polar surface area (TPSA) is 45.3 Å². The van der Waals surface area contributed by atoms with Gasteiger partial charge in [0.05, 0.1) is 18.3 Å². The number of rotatable bonds is 3. The van der Waals surface area contributed by atoms with Crippen LogP contribution in [0.4, 0.5) is 10.5 Å². The SMILES string of the molecule is CCOC(=O)N1c2ccc(C)cc2C=CC1c1c[nH]c2c(CC)cccc12. The van der Waals surface area contributed by atoms with Gasteiger partial charge in [0.25, 0.3) is 0 Å². The lowest BCUT2D eigenvalue weighted by Gasteiger charge is -2.33. The van der Waals surface area contributed by atoms with Crippen molar-refractivity contribution in [3.8, 4) is 0 Å². The Bertz CT molecular complexity index is 1030. The van der Waals surface area contributed by atoms with Gasteiger partial charge in [-0.2, -0.15) is 0 Å². The summed E-state index contributed by atoms with van der Waals surface area (Å²) in [5.41, 5.74) is 6.58. The fourth-order valence-corrected chi connectivity index (χ4v) is 3.88. The van der Waals surface area contributed by atoms with Crippen molar-refractivity contribution in [2.45, 2.75) is 33.2 Å². The Balaban J connectivity index is 1.87. The monoisotopic (exact) mass is 360 g/mol. The number of carbonyl (C=O) groups is 1. The van der Waals surface area contributed by atoms with Crippen molar-refractivity contribution in [3.05, 3.63) is 70.9 Å². The zero-order valence-corrected chi connectivity index (χ0v) is 16.0. The predicted molar refractivity (Wildman–Crippen MR) is 110 cm³/mol. The van der Waals surface area contributed by atoms with Crippen molar-refractivity contribution < 1.29 is 9.53 Å². The van der Waals surface area contributed by atoms with Gasteiger partial charge in [-0.1, -0.05) is 48.9 Å². The van der Waals surface area contributed by atoms with E-state index in [0.717, 1.165) is 34.1 Å². The Kier molecular flexibility index (Phi) is 4.48. The second kappa shape index (κ2) is 6.95. The maximum absolute atomic E-state index is 12.9. The summed E-state index contributed by atoms with van der Waals surface area (Å²) in [5.74, 6) is 0. The molecule has 0 saturated heterocycles. The minimum atomic E-state index is -0.321. The minimum Gasteiger partial charge on any atom is -0.449 e. The maximum atomic E-state index is 12.9. The smallest absolute Gasteiger partial charge is 0.415 e. The molecule has 0 bridgehead atoms. The molecule has 138 valence electrons. The van der Waals surface area contributed by atoms with Crippen LogP contribution >= 0.6 is 0 Å². The van der Waals surface area contributed by atoms with E-state index < -0.39 is 0 Å². The lowest BCUT2D eigenvalue weighted by Crippen LogP contribution is -2.36. The number of amides is 1. The average Bonchev–Trinajstić information content (AvgIpc) is 3.11. The molecule has 1 N–H and O–H groups in total. The number of nitrogens with one attached hydrogen (secondary N) is 1. The molecule has 0 radical (unpaired) electrons. The predicted octanol–water partition coefficient (Wildman–Crippen LogP) is 5.77. The third-order valence-electron chi connectivity index (χ3n) is 5.18. The van der Waals surface area contributed by atoms with E-state index in [1.54, 1.807) is 4.90 Å². The van der Waals surface area contributed by atoms with Crippen LogP contribution in [-0.2, 0) is 11.2 Å². The molecule has 4 nitrogen and oxygen atoms in total. The number of aromatic nitrogens is 1. The first-order valence-electron chi connectivity index (χ1n) is 9.47. The third-order valence-corrected chi connectivity index (χ3v) is 5.18. The Morgan fingerprint density at radius 3 is 2.85 bits per heavy atom. The third kappa shape index (κ3) is 2.91. The summed E-state index contributed by atoms with van der Waals surface area (Å²) in [7, 11) is 0. The Labute approximate surface area is 159 Å². The molecule has 3 aromatic rings. The highest BCUT2D eigenvalue weighted by Crippen LogP contribution is 2.40. The number of ether oxygens (including phenoxy) is 1. The van der Waals surface area contributed by atoms with E-state index in [2.05, 4.69) is 55.2 Å². The van der Waals surface area contributed by atoms with Gasteiger partial charge in [0.1, 0.15) is 0 Å². The van der Waals surface area contributed by atoms with Crippen LogP contribution in [0.2, 0.25) is 0 Å². The fraction of sp³-hybridized carbons (Fsp3) is 0.261.